The molecule has 0 saturated carbocycles. The van der Waals surface area contributed by atoms with Crippen molar-refractivity contribution < 1.29 is 13.2 Å². The number of aryl methyl sites for hydroxylation is 1. The molecule has 0 bridgehead atoms. The van der Waals surface area contributed by atoms with Crippen LogP contribution in [-0.2, 0) is 21.2 Å². The summed E-state index contributed by atoms with van der Waals surface area (Å²) < 4.78 is 27.3. The predicted molar refractivity (Wildman–Crippen MR) is 88.9 cm³/mol. The van der Waals surface area contributed by atoms with Crippen molar-refractivity contribution in [3.63, 3.8) is 0 Å². The summed E-state index contributed by atoms with van der Waals surface area (Å²) in [6.07, 6.45) is 0.376. The molecule has 6 heteroatoms. The van der Waals surface area contributed by atoms with Gasteiger partial charge in [-0.15, -0.1) is 0 Å². The number of fused-ring (bicyclic) bond motifs is 1. The van der Waals surface area contributed by atoms with Crippen LogP contribution in [0.4, 0.5) is 5.69 Å². The van der Waals surface area contributed by atoms with E-state index in [1.54, 1.807) is 36.1 Å². The van der Waals surface area contributed by atoms with Crippen molar-refractivity contribution >= 4 is 21.6 Å². The molecule has 1 aliphatic rings. The molecule has 23 heavy (non-hydrogen) atoms. The Balaban J connectivity index is 1.68. The van der Waals surface area contributed by atoms with E-state index in [9.17, 15) is 13.2 Å². The number of hydrogen-bond donors (Lipinski definition) is 1. The number of carbonyl (C=O) groups excluding carboxylic acids is 1. The van der Waals surface area contributed by atoms with Gasteiger partial charge in [0, 0.05) is 18.8 Å². The molecule has 0 saturated heterocycles. The van der Waals surface area contributed by atoms with Crippen LogP contribution in [0.1, 0.15) is 11.1 Å². The lowest BCUT2D eigenvalue weighted by molar-refractivity contribution is -0.117. The second-order valence-electron chi connectivity index (χ2n) is 5.51. The number of hydrogen-bond acceptors (Lipinski definition) is 3. The molecule has 0 spiro atoms. The van der Waals surface area contributed by atoms with Crippen LogP contribution in [0, 0.1) is 6.92 Å². The highest BCUT2D eigenvalue weighted by molar-refractivity contribution is 7.89. The third kappa shape index (κ3) is 3.13. The Morgan fingerprint density at radius 3 is 2.57 bits per heavy atom. The van der Waals surface area contributed by atoms with Crippen molar-refractivity contribution in [2.24, 2.45) is 0 Å². The Bertz CT molecular complexity index is 846. The molecular weight excluding hydrogens is 312 g/mol. The van der Waals surface area contributed by atoms with Gasteiger partial charge in [-0.1, -0.05) is 36.4 Å². The summed E-state index contributed by atoms with van der Waals surface area (Å²) in [5.41, 5.74) is 2.55. The van der Waals surface area contributed by atoms with Crippen molar-refractivity contribution in [1.82, 2.24) is 4.72 Å². The highest BCUT2D eigenvalue weighted by atomic mass is 32.2. The largest absolute Gasteiger partial charge is 0.311 e. The van der Waals surface area contributed by atoms with Crippen LogP contribution in [0.25, 0.3) is 0 Å². The smallest absolute Gasteiger partial charge is 0.240 e. The van der Waals surface area contributed by atoms with E-state index in [1.165, 1.54) is 0 Å². The molecule has 0 aromatic heterocycles. The van der Waals surface area contributed by atoms with Gasteiger partial charge >= 0.3 is 0 Å². The first-order valence-corrected chi connectivity index (χ1v) is 8.91. The van der Waals surface area contributed by atoms with Gasteiger partial charge in [-0.2, -0.15) is 0 Å². The topological polar surface area (TPSA) is 66.5 Å². The van der Waals surface area contributed by atoms with Crippen molar-refractivity contribution in [2.75, 3.05) is 18.0 Å². The summed E-state index contributed by atoms with van der Waals surface area (Å²) in [4.78, 5) is 14.0. The van der Waals surface area contributed by atoms with E-state index >= 15 is 0 Å². The number of anilines is 1. The van der Waals surface area contributed by atoms with E-state index in [-0.39, 0.29) is 17.3 Å². The number of amides is 1. The van der Waals surface area contributed by atoms with Crippen LogP contribution in [0.15, 0.2) is 53.4 Å². The van der Waals surface area contributed by atoms with Gasteiger partial charge in [-0.05, 0) is 30.2 Å². The summed E-state index contributed by atoms with van der Waals surface area (Å²) in [5.74, 6) is 0.00119. The Morgan fingerprint density at radius 2 is 1.78 bits per heavy atom. The molecule has 0 aliphatic carbocycles. The third-order valence-electron chi connectivity index (χ3n) is 3.94. The summed E-state index contributed by atoms with van der Waals surface area (Å²) in [5, 5.41) is 0. The van der Waals surface area contributed by atoms with Gasteiger partial charge in [0.25, 0.3) is 0 Å². The second kappa shape index (κ2) is 6.14. The van der Waals surface area contributed by atoms with Crippen LogP contribution < -0.4 is 9.62 Å². The number of para-hydroxylation sites is 1. The van der Waals surface area contributed by atoms with E-state index in [1.807, 2.05) is 24.3 Å². The summed E-state index contributed by atoms with van der Waals surface area (Å²) in [6.45, 7) is 2.26. The highest BCUT2D eigenvalue weighted by Gasteiger charge is 2.26. The van der Waals surface area contributed by atoms with Gasteiger partial charge in [0.15, 0.2) is 0 Å². The second-order valence-corrected chi connectivity index (χ2v) is 7.25. The summed E-state index contributed by atoms with van der Waals surface area (Å²) in [6, 6.07) is 14.4. The average molecular weight is 330 g/mol. The molecule has 3 rings (SSSR count). The number of benzene rings is 2. The molecule has 1 heterocycles. The van der Waals surface area contributed by atoms with Crippen molar-refractivity contribution in [3.05, 3.63) is 59.7 Å². The lowest BCUT2D eigenvalue weighted by atomic mass is 10.2. The SMILES string of the molecule is Cc1ccccc1S(=O)(=O)NCCN1C(=O)Cc2ccccc21. The fourth-order valence-electron chi connectivity index (χ4n) is 2.79. The molecule has 0 fully saturated rings. The minimum absolute atomic E-state index is 0.00119. The molecule has 1 aliphatic heterocycles. The fraction of sp³-hybridized carbons (Fsp3) is 0.235. The maximum atomic E-state index is 12.3. The van der Waals surface area contributed by atoms with Gasteiger partial charge < -0.3 is 4.90 Å². The normalized spacial score (nSPS) is 14.1. The first kappa shape index (κ1) is 15.7. The minimum atomic E-state index is -3.57. The zero-order chi connectivity index (χ0) is 16.4. The van der Waals surface area contributed by atoms with Crippen LogP contribution in [0.5, 0.6) is 0 Å². The van der Waals surface area contributed by atoms with E-state index in [2.05, 4.69) is 4.72 Å². The van der Waals surface area contributed by atoms with E-state index in [4.69, 9.17) is 0 Å². The van der Waals surface area contributed by atoms with E-state index in [0.717, 1.165) is 11.3 Å². The molecule has 120 valence electrons. The number of nitrogens with zero attached hydrogens (tertiary/aromatic N) is 1. The Labute approximate surface area is 136 Å². The number of carbonyl (C=O) groups is 1. The number of nitrogens with one attached hydrogen (secondary N) is 1. The molecule has 2 aromatic rings. The Kier molecular flexibility index (Phi) is 4.19. The van der Waals surface area contributed by atoms with Crippen LogP contribution in [0.3, 0.4) is 0 Å². The van der Waals surface area contributed by atoms with Crippen molar-refractivity contribution in [3.8, 4) is 0 Å². The lowest BCUT2D eigenvalue weighted by Gasteiger charge is -2.18. The Morgan fingerprint density at radius 1 is 1.09 bits per heavy atom. The number of rotatable bonds is 5. The molecule has 1 amide bonds. The van der Waals surface area contributed by atoms with Crippen molar-refractivity contribution in [2.45, 2.75) is 18.2 Å². The van der Waals surface area contributed by atoms with Gasteiger partial charge in [-0.25, -0.2) is 13.1 Å². The van der Waals surface area contributed by atoms with Crippen LogP contribution >= 0.6 is 0 Å². The molecule has 0 unspecified atom stereocenters. The molecule has 1 N–H and O–H groups in total. The lowest BCUT2D eigenvalue weighted by Crippen LogP contribution is -2.36. The quantitative estimate of drug-likeness (QED) is 0.910. The zero-order valence-electron chi connectivity index (χ0n) is 12.8. The molecule has 2 aromatic carbocycles. The maximum absolute atomic E-state index is 12.3. The van der Waals surface area contributed by atoms with Crippen LogP contribution in [0.2, 0.25) is 0 Å². The molecule has 0 radical (unpaired) electrons. The zero-order valence-corrected chi connectivity index (χ0v) is 13.6. The highest BCUT2D eigenvalue weighted by Crippen LogP contribution is 2.27. The van der Waals surface area contributed by atoms with Gasteiger partial charge in [0.05, 0.1) is 11.3 Å². The standard InChI is InChI=1S/C17H18N2O3S/c1-13-6-2-5-9-16(13)23(21,22)18-10-11-19-15-8-4-3-7-14(15)12-17(19)20/h2-9,18H,10-12H2,1H3. The monoisotopic (exact) mass is 330 g/mol. The number of sulfonamides is 1. The van der Waals surface area contributed by atoms with E-state index < -0.39 is 10.0 Å². The first-order valence-electron chi connectivity index (χ1n) is 7.42. The molecule has 0 atom stereocenters. The molecular formula is C17H18N2O3S. The summed E-state index contributed by atoms with van der Waals surface area (Å²) in [7, 11) is -3.57. The maximum Gasteiger partial charge on any atom is 0.240 e. The predicted octanol–water partition coefficient (Wildman–Crippen LogP) is 1.86. The first-order chi connectivity index (χ1) is 11.0. The van der Waals surface area contributed by atoms with Gasteiger partial charge in [-0.3, -0.25) is 4.79 Å². The van der Waals surface area contributed by atoms with Gasteiger partial charge in [0.2, 0.25) is 15.9 Å². The van der Waals surface area contributed by atoms with Crippen molar-refractivity contribution in [1.29, 1.82) is 0 Å². The Hall–Kier alpha value is -2.18. The molecule has 5 nitrogen and oxygen atoms in total. The fourth-order valence-corrected chi connectivity index (χ4v) is 4.05. The van der Waals surface area contributed by atoms with Gasteiger partial charge in [0.1, 0.15) is 0 Å². The minimum Gasteiger partial charge on any atom is -0.311 e. The van der Waals surface area contributed by atoms with Crippen LogP contribution in [-0.4, -0.2) is 27.4 Å². The summed E-state index contributed by atoms with van der Waals surface area (Å²) >= 11 is 0. The average Bonchev–Trinajstić information content (AvgIpc) is 2.83. The third-order valence-corrected chi connectivity index (χ3v) is 5.56. The van der Waals surface area contributed by atoms with E-state index in [0.29, 0.717) is 18.5 Å².